The highest BCUT2D eigenvalue weighted by molar-refractivity contribution is 5.97. The summed E-state index contributed by atoms with van der Waals surface area (Å²) in [7, 11) is 4.93. The summed E-state index contributed by atoms with van der Waals surface area (Å²) in [6, 6.07) is 5.41. The number of ether oxygens (including phenoxy) is 2. The van der Waals surface area contributed by atoms with Crippen molar-refractivity contribution < 1.29 is 23.9 Å². The Kier molecular flexibility index (Phi) is 6.59. The number of amides is 3. The summed E-state index contributed by atoms with van der Waals surface area (Å²) in [6.07, 6.45) is 4.25. The molecule has 1 aromatic heterocycles. The molecule has 10 nitrogen and oxygen atoms in total. The van der Waals surface area contributed by atoms with Gasteiger partial charge < -0.3 is 24.6 Å². The van der Waals surface area contributed by atoms with E-state index in [1.54, 1.807) is 46.9 Å². The first-order valence-electron chi connectivity index (χ1n) is 12.5. The van der Waals surface area contributed by atoms with E-state index in [0.29, 0.717) is 61.4 Å². The molecule has 3 amide bonds. The van der Waals surface area contributed by atoms with Gasteiger partial charge in [0.05, 0.1) is 26.7 Å². The second kappa shape index (κ2) is 9.83. The van der Waals surface area contributed by atoms with Gasteiger partial charge in [-0.3, -0.25) is 19.1 Å². The minimum Gasteiger partial charge on any atom is -0.497 e. The number of aromatic nitrogens is 2. The van der Waals surface area contributed by atoms with Gasteiger partial charge in [-0.15, -0.1) is 0 Å². The van der Waals surface area contributed by atoms with Gasteiger partial charge in [-0.25, -0.2) is 0 Å². The Morgan fingerprint density at radius 2 is 1.69 bits per heavy atom. The van der Waals surface area contributed by atoms with Crippen molar-refractivity contribution in [2.75, 3.05) is 33.9 Å². The molecule has 36 heavy (non-hydrogen) atoms. The Hall–Kier alpha value is -3.56. The number of nitrogens with zero attached hydrogens (tertiary/aromatic N) is 4. The van der Waals surface area contributed by atoms with E-state index < -0.39 is 0 Å². The molecule has 2 aliphatic heterocycles. The maximum atomic E-state index is 13.6. The molecule has 1 aliphatic carbocycles. The van der Waals surface area contributed by atoms with Crippen LogP contribution < -0.4 is 14.8 Å². The zero-order valence-electron chi connectivity index (χ0n) is 21.1. The fourth-order valence-corrected chi connectivity index (χ4v) is 5.12. The van der Waals surface area contributed by atoms with Gasteiger partial charge in [0.25, 0.3) is 11.8 Å². The summed E-state index contributed by atoms with van der Waals surface area (Å²) >= 11 is 0. The maximum absolute atomic E-state index is 13.6. The van der Waals surface area contributed by atoms with Gasteiger partial charge >= 0.3 is 0 Å². The number of fused-ring (bicyclic) bond motifs is 1. The number of aryl methyl sites for hydroxylation is 1. The number of likely N-dealkylation sites (tertiary alicyclic amines) is 1. The van der Waals surface area contributed by atoms with Crippen molar-refractivity contribution in [1.29, 1.82) is 0 Å². The predicted molar refractivity (Wildman–Crippen MR) is 131 cm³/mol. The number of methoxy groups -OCH3 is 2. The monoisotopic (exact) mass is 495 g/mol. The van der Waals surface area contributed by atoms with E-state index in [1.165, 1.54) is 0 Å². The quantitative estimate of drug-likeness (QED) is 0.655. The van der Waals surface area contributed by atoms with Crippen LogP contribution in [0.3, 0.4) is 0 Å². The van der Waals surface area contributed by atoms with E-state index >= 15 is 0 Å². The van der Waals surface area contributed by atoms with E-state index in [2.05, 4.69) is 10.4 Å². The maximum Gasteiger partial charge on any atom is 0.274 e. The van der Waals surface area contributed by atoms with E-state index in [9.17, 15) is 14.4 Å². The SMILES string of the molecule is COc1cc(OC)cc(C(=O)N2CCc3c(c(C(=O)N4CCC[C@H](C(=O)NC5CC5)C4)nn3C)C2)c1. The van der Waals surface area contributed by atoms with Crippen molar-refractivity contribution in [3.8, 4) is 11.5 Å². The zero-order chi connectivity index (χ0) is 25.4. The number of carbonyl (C=O) groups excluding carboxylic acids is 3. The zero-order valence-corrected chi connectivity index (χ0v) is 21.1. The fourth-order valence-electron chi connectivity index (χ4n) is 5.12. The normalized spacial score (nSPS) is 19.5. The lowest BCUT2D eigenvalue weighted by molar-refractivity contribution is -0.126. The third-order valence-electron chi connectivity index (χ3n) is 7.33. The number of rotatable bonds is 6. The first-order valence-corrected chi connectivity index (χ1v) is 12.5. The van der Waals surface area contributed by atoms with Gasteiger partial charge in [0.15, 0.2) is 5.69 Å². The van der Waals surface area contributed by atoms with Crippen molar-refractivity contribution in [3.63, 3.8) is 0 Å². The van der Waals surface area contributed by atoms with Crippen molar-refractivity contribution in [3.05, 3.63) is 40.7 Å². The number of piperidine rings is 1. The molecule has 1 saturated carbocycles. The molecule has 0 spiro atoms. The van der Waals surface area contributed by atoms with E-state index in [0.717, 1.165) is 36.9 Å². The minimum atomic E-state index is -0.191. The number of carbonyl (C=O) groups is 3. The Morgan fingerprint density at radius 3 is 2.36 bits per heavy atom. The highest BCUT2D eigenvalue weighted by Crippen LogP contribution is 2.29. The number of hydrogen-bond acceptors (Lipinski definition) is 6. The fraction of sp³-hybridized carbons (Fsp3) is 0.538. The van der Waals surface area contributed by atoms with Crippen molar-refractivity contribution in [1.82, 2.24) is 24.9 Å². The minimum absolute atomic E-state index is 0.0449. The first-order chi connectivity index (χ1) is 17.4. The summed E-state index contributed by atoms with van der Waals surface area (Å²) in [6.45, 7) is 1.81. The van der Waals surface area contributed by atoms with Gasteiger partial charge in [-0.1, -0.05) is 0 Å². The predicted octanol–water partition coefficient (Wildman–Crippen LogP) is 1.77. The van der Waals surface area contributed by atoms with Gasteiger partial charge in [0.1, 0.15) is 11.5 Å². The molecule has 3 aliphatic rings. The third-order valence-corrected chi connectivity index (χ3v) is 7.33. The molecule has 2 aromatic rings. The highest BCUT2D eigenvalue weighted by Gasteiger charge is 2.36. The molecular weight excluding hydrogens is 462 g/mol. The Bertz CT molecular complexity index is 1170. The van der Waals surface area contributed by atoms with Crippen LogP contribution in [0.5, 0.6) is 11.5 Å². The molecule has 1 atom stereocenters. The molecule has 192 valence electrons. The number of benzene rings is 1. The van der Waals surface area contributed by atoms with Crippen LogP contribution in [0.15, 0.2) is 18.2 Å². The molecule has 5 rings (SSSR count). The van der Waals surface area contributed by atoms with Crippen LogP contribution in [-0.4, -0.2) is 77.2 Å². The van der Waals surface area contributed by atoms with Crippen molar-refractivity contribution >= 4 is 17.7 Å². The number of hydrogen-bond donors (Lipinski definition) is 1. The van der Waals surface area contributed by atoms with Crippen LogP contribution in [-0.2, 0) is 24.8 Å². The molecule has 0 bridgehead atoms. The van der Waals surface area contributed by atoms with E-state index in [4.69, 9.17) is 9.47 Å². The molecule has 0 radical (unpaired) electrons. The lowest BCUT2D eigenvalue weighted by Gasteiger charge is -2.32. The Morgan fingerprint density at radius 1 is 0.972 bits per heavy atom. The standard InChI is InChI=1S/C26H33N5O5/c1-29-22-8-10-31(25(33)17-11-19(35-2)13-20(12-17)36-3)15-21(22)23(28-29)26(34)30-9-4-5-16(14-30)24(32)27-18-6-7-18/h11-13,16,18H,4-10,14-15H2,1-3H3,(H,27,32)/t16-/m0/s1. The lowest BCUT2D eigenvalue weighted by atomic mass is 9.96. The van der Waals surface area contributed by atoms with Crippen LogP contribution in [0.25, 0.3) is 0 Å². The molecule has 1 saturated heterocycles. The lowest BCUT2D eigenvalue weighted by Crippen LogP contribution is -2.46. The second-order valence-electron chi connectivity index (χ2n) is 9.85. The summed E-state index contributed by atoms with van der Waals surface area (Å²) in [5.74, 6) is 0.603. The molecule has 0 unspecified atom stereocenters. The van der Waals surface area contributed by atoms with Crippen molar-refractivity contribution in [2.24, 2.45) is 13.0 Å². The smallest absolute Gasteiger partial charge is 0.274 e. The van der Waals surface area contributed by atoms with Crippen LogP contribution >= 0.6 is 0 Å². The van der Waals surface area contributed by atoms with E-state index in [1.807, 2.05) is 7.05 Å². The van der Waals surface area contributed by atoms with Gasteiger partial charge in [0, 0.05) is 62.0 Å². The molecule has 10 heteroatoms. The highest BCUT2D eigenvalue weighted by atomic mass is 16.5. The third kappa shape index (κ3) is 4.76. The van der Waals surface area contributed by atoms with Gasteiger partial charge in [-0.05, 0) is 37.8 Å². The topological polar surface area (TPSA) is 106 Å². The summed E-state index contributed by atoms with van der Waals surface area (Å²) < 4.78 is 12.4. The summed E-state index contributed by atoms with van der Waals surface area (Å²) in [5.41, 5.74) is 2.58. The van der Waals surface area contributed by atoms with Crippen LogP contribution in [0.1, 0.15) is 57.8 Å². The summed E-state index contributed by atoms with van der Waals surface area (Å²) in [5, 5.41) is 7.63. The number of nitrogens with one attached hydrogen (secondary N) is 1. The largest absolute Gasteiger partial charge is 0.497 e. The van der Waals surface area contributed by atoms with Crippen LogP contribution in [0, 0.1) is 5.92 Å². The molecule has 3 heterocycles. The van der Waals surface area contributed by atoms with Gasteiger partial charge in [-0.2, -0.15) is 5.10 Å². The average Bonchev–Trinajstić information content (AvgIpc) is 3.67. The Balaban J connectivity index is 1.34. The van der Waals surface area contributed by atoms with Gasteiger partial charge in [0.2, 0.25) is 5.91 Å². The van der Waals surface area contributed by atoms with Crippen LogP contribution in [0.4, 0.5) is 0 Å². The Labute approximate surface area is 210 Å². The first kappa shape index (κ1) is 24.1. The average molecular weight is 496 g/mol. The molecule has 1 aromatic carbocycles. The van der Waals surface area contributed by atoms with Crippen LogP contribution in [0.2, 0.25) is 0 Å². The molecule has 2 fully saturated rings. The second-order valence-corrected chi connectivity index (χ2v) is 9.85. The summed E-state index contributed by atoms with van der Waals surface area (Å²) in [4.78, 5) is 43.1. The van der Waals surface area contributed by atoms with Crippen molar-refractivity contribution in [2.45, 2.75) is 44.7 Å². The van der Waals surface area contributed by atoms with E-state index in [-0.39, 0.29) is 23.6 Å². The molecular formula is C26H33N5O5. The molecule has 1 N–H and O–H groups in total.